The molecule has 2 aromatic carbocycles. The molecule has 1 aliphatic rings. The quantitative estimate of drug-likeness (QED) is 0.819. The van der Waals surface area contributed by atoms with Crippen LogP contribution < -0.4 is 5.32 Å². The summed E-state index contributed by atoms with van der Waals surface area (Å²) in [5, 5.41) is 3.40. The average molecular weight is 227 g/mol. The highest BCUT2D eigenvalue weighted by atomic mass is 19.1. The normalized spacial score (nSPS) is 17.8. The predicted molar refractivity (Wildman–Crippen MR) is 67.5 cm³/mol. The monoisotopic (exact) mass is 227 g/mol. The van der Waals surface area contributed by atoms with Gasteiger partial charge < -0.3 is 5.32 Å². The molecule has 1 aliphatic carbocycles. The first-order valence-corrected chi connectivity index (χ1v) is 5.93. The number of nitrogens with one attached hydrogen (secondary N) is 1. The molecule has 0 aliphatic heterocycles. The zero-order valence-corrected chi connectivity index (χ0v) is 9.49. The highest BCUT2D eigenvalue weighted by molar-refractivity contribution is 5.48. The van der Waals surface area contributed by atoms with Crippen LogP contribution in [0.3, 0.4) is 0 Å². The first kappa shape index (κ1) is 10.3. The van der Waals surface area contributed by atoms with Crippen molar-refractivity contribution in [3.8, 4) is 0 Å². The molecular weight excluding hydrogens is 213 g/mol. The molecule has 1 nitrogen and oxygen atoms in total. The minimum Gasteiger partial charge on any atom is -0.378 e. The van der Waals surface area contributed by atoms with Gasteiger partial charge in [0, 0.05) is 5.69 Å². The van der Waals surface area contributed by atoms with Crippen molar-refractivity contribution >= 4 is 5.69 Å². The average Bonchev–Trinajstić information content (AvgIpc) is 2.73. The van der Waals surface area contributed by atoms with Crippen LogP contribution in [0.2, 0.25) is 0 Å². The van der Waals surface area contributed by atoms with E-state index >= 15 is 0 Å². The number of fused-ring (bicyclic) bond motifs is 1. The van der Waals surface area contributed by atoms with E-state index in [0.29, 0.717) is 6.04 Å². The summed E-state index contributed by atoms with van der Waals surface area (Å²) in [7, 11) is 0. The fourth-order valence-corrected chi connectivity index (χ4v) is 2.49. The van der Waals surface area contributed by atoms with Crippen molar-refractivity contribution < 1.29 is 4.39 Å². The Morgan fingerprint density at radius 2 is 1.94 bits per heavy atom. The lowest BCUT2D eigenvalue weighted by molar-refractivity contribution is 0.627. The zero-order valence-electron chi connectivity index (χ0n) is 9.49. The number of aryl methyl sites for hydroxylation is 1. The second-order valence-electron chi connectivity index (χ2n) is 4.44. The first-order valence-electron chi connectivity index (χ1n) is 5.93. The summed E-state index contributed by atoms with van der Waals surface area (Å²) in [4.78, 5) is 0. The Labute approximate surface area is 100 Å². The maximum absolute atomic E-state index is 13.1. The molecule has 17 heavy (non-hydrogen) atoms. The van der Waals surface area contributed by atoms with E-state index in [9.17, 15) is 4.39 Å². The molecule has 86 valence electrons. The number of rotatable bonds is 2. The van der Waals surface area contributed by atoms with E-state index in [1.165, 1.54) is 17.2 Å². The van der Waals surface area contributed by atoms with Crippen molar-refractivity contribution in [3.05, 3.63) is 65.5 Å². The maximum Gasteiger partial charge on any atom is 0.125 e. The lowest BCUT2D eigenvalue weighted by Crippen LogP contribution is -2.06. The molecule has 3 rings (SSSR count). The van der Waals surface area contributed by atoms with E-state index in [1.807, 2.05) is 6.07 Å². The van der Waals surface area contributed by atoms with E-state index in [-0.39, 0.29) is 5.82 Å². The third-order valence-electron chi connectivity index (χ3n) is 3.30. The molecule has 0 bridgehead atoms. The van der Waals surface area contributed by atoms with Gasteiger partial charge in [-0.25, -0.2) is 4.39 Å². The van der Waals surface area contributed by atoms with Gasteiger partial charge in [0.2, 0.25) is 0 Å². The van der Waals surface area contributed by atoms with Crippen molar-refractivity contribution in [2.75, 3.05) is 5.32 Å². The van der Waals surface area contributed by atoms with Crippen molar-refractivity contribution in [3.63, 3.8) is 0 Å². The van der Waals surface area contributed by atoms with Crippen LogP contribution in [0, 0.1) is 5.82 Å². The molecule has 0 spiro atoms. The summed E-state index contributed by atoms with van der Waals surface area (Å²) in [6, 6.07) is 15.4. The number of benzene rings is 2. The second-order valence-corrected chi connectivity index (χ2v) is 4.44. The van der Waals surface area contributed by atoms with Gasteiger partial charge in [-0.1, -0.05) is 30.3 Å². The third-order valence-corrected chi connectivity index (χ3v) is 3.30. The standard InChI is InChI=1S/C15H14FN/c16-12-5-3-6-13(10-12)17-15-9-8-11-4-1-2-7-14(11)15/h1-7,10,15,17H,8-9H2. The lowest BCUT2D eigenvalue weighted by Gasteiger charge is -2.15. The number of hydrogen-bond donors (Lipinski definition) is 1. The topological polar surface area (TPSA) is 12.0 Å². The minimum absolute atomic E-state index is 0.193. The van der Waals surface area contributed by atoms with Crippen LogP contribution in [0.5, 0.6) is 0 Å². The van der Waals surface area contributed by atoms with Crippen molar-refractivity contribution in [1.82, 2.24) is 0 Å². The predicted octanol–water partition coefficient (Wildman–Crippen LogP) is 3.93. The van der Waals surface area contributed by atoms with Crippen LogP contribution in [0.1, 0.15) is 23.6 Å². The summed E-state index contributed by atoms with van der Waals surface area (Å²) >= 11 is 0. The lowest BCUT2D eigenvalue weighted by atomic mass is 10.1. The smallest absolute Gasteiger partial charge is 0.125 e. The molecule has 1 unspecified atom stereocenters. The Balaban J connectivity index is 1.84. The van der Waals surface area contributed by atoms with Crippen molar-refractivity contribution in [2.45, 2.75) is 18.9 Å². The van der Waals surface area contributed by atoms with Gasteiger partial charge in [0.25, 0.3) is 0 Å². The Kier molecular flexibility index (Phi) is 2.56. The summed E-state index contributed by atoms with van der Waals surface area (Å²) in [6.45, 7) is 0. The largest absolute Gasteiger partial charge is 0.378 e. The molecule has 0 saturated heterocycles. The Bertz CT molecular complexity index is 536. The third kappa shape index (κ3) is 2.03. The molecule has 0 heterocycles. The van der Waals surface area contributed by atoms with Crippen LogP contribution in [0.15, 0.2) is 48.5 Å². The van der Waals surface area contributed by atoms with Gasteiger partial charge in [0.1, 0.15) is 5.82 Å². The molecule has 2 heteroatoms. The number of hydrogen-bond acceptors (Lipinski definition) is 1. The Hall–Kier alpha value is -1.83. The molecule has 1 atom stereocenters. The molecule has 2 aromatic rings. The zero-order chi connectivity index (χ0) is 11.7. The van der Waals surface area contributed by atoms with Crippen LogP contribution in [0.4, 0.5) is 10.1 Å². The SMILES string of the molecule is Fc1cccc(NC2CCc3ccccc32)c1. The van der Waals surface area contributed by atoms with Crippen LogP contribution in [-0.4, -0.2) is 0 Å². The van der Waals surface area contributed by atoms with E-state index in [4.69, 9.17) is 0 Å². The molecule has 0 saturated carbocycles. The summed E-state index contributed by atoms with van der Waals surface area (Å²) in [5.74, 6) is -0.193. The van der Waals surface area contributed by atoms with Gasteiger partial charge in [-0.15, -0.1) is 0 Å². The molecule has 1 N–H and O–H groups in total. The van der Waals surface area contributed by atoms with Crippen LogP contribution in [-0.2, 0) is 6.42 Å². The molecule has 0 amide bonds. The Morgan fingerprint density at radius 1 is 1.06 bits per heavy atom. The van der Waals surface area contributed by atoms with Gasteiger partial charge in [-0.05, 0) is 42.2 Å². The van der Waals surface area contributed by atoms with Gasteiger partial charge in [-0.3, -0.25) is 0 Å². The summed E-state index contributed by atoms with van der Waals surface area (Å²) < 4.78 is 13.1. The minimum atomic E-state index is -0.193. The second kappa shape index (κ2) is 4.21. The van der Waals surface area contributed by atoms with E-state index in [2.05, 4.69) is 29.6 Å². The van der Waals surface area contributed by atoms with E-state index in [0.717, 1.165) is 18.5 Å². The van der Waals surface area contributed by atoms with Crippen LogP contribution >= 0.6 is 0 Å². The molecule has 0 fully saturated rings. The molecular formula is C15H14FN. The summed E-state index contributed by atoms with van der Waals surface area (Å²) in [5.41, 5.74) is 3.60. The van der Waals surface area contributed by atoms with Crippen molar-refractivity contribution in [1.29, 1.82) is 0 Å². The Morgan fingerprint density at radius 3 is 2.82 bits per heavy atom. The fourth-order valence-electron chi connectivity index (χ4n) is 2.49. The van der Waals surface area contributed by atoms with Gasteiger partial charge in [-0.2, -0.15) is 0 Å². The highest BCUT2D eigenvalue weighted by Crippen LogP contribution is 2.33. The van der Waals surface area contributed by atoms with E-state index < -0.39 is 0 Å². The number of anilines is 1. The van der Waals surface area contributed by atoms with Crippen molar-refractivity contribution in [2.24, 2.45) is 0 Å². The van der Waals surface area contributed by atoms with E-state index in [1.54, 1.807) is 12.1 Å². The fraction of sp³-hybridized carbons (Fsp3) is 0.200. The number of halogens is 1. The van der Waals surface area contributed by atoms with Crippen LogP contribution in [0.25, 0.3) is 0 Å². The maximum atomic E-state index is 13.1. The first-order chi connectivity index (χ1) is 8.33. The van der Waals surface area contributed by atoms with Gasteiger partial charge in [0.05, 0.1) is 6.04 Å². The van der Waals surface area contributed by atoms with Gasteiger partial charge >= 0.3 is 0 Å². The molecule has 0 aromatic heterocycles. The van der Waals surface area contributed by atoms with Gasteiger partial charge in [0.15, 0.2) is 0 Å². The highest BCUT2D eigenvalue weighted by Gasteiger charge is 2.21. The summed E-state index contributed by atoms with van der Waals surface area (Å²) in [6.07, 6.45) is 2.18. The molecule has 0 radical (unpaired) electrons.